The zero-order chi connectivity index (χ0) is 25.4. The van der Waals surface area contributed by atoms with Gasteiger partial charge in [0, 0.05) is 25.1 Å². The van der Waals surface area contributed by atoms with E-state index in [1.165, 1.54) is 0 Å². The molecular weight excluding hydrogens is 505 g/mol. The monoisotopic (exact) mass is 529 g/mol. The quantitative estimate of drug-likeness (QED) is 0.255. The van der Waals surface area contributed by atoms with Crippen molar-refractivity contribution >= 4 is 45.6 Å². The van der Waals surface area contributed by atoms with Gasteiger partial charge in [-0.15, -0.1) is 0 Å². The van der Waals surface area contributed by atoms with Gasteiger partial charge in [0.1, 0.15) is 0 Å². The van der Waals surface area contributed by atoms with Crippen molar-refractivity contribution < 1.29 is 4.74 Å². The van der Waals surface area contributed by atoms with E-state index in [4.69, 9.17) is 37.9 Å². The zero-order valence-corrected chi connectivity index (χ0v) is 21.8. The number of halogens is 2. The minimum Gasteiger partial charge on any atom is -0.381 e. The summed E-state index contributed by atoms with van der Waals surface area (Å²) in [5.41, 5.74) is 7.24. The van der Waals surface area contributed by atoms with E-state index in [0.29, 0.717) is 10.0 Å². The van der Waals surface area contributed by atoms with Crippen molar-refractivity contribution in [2.24, 2.45) is 4.99 Å². The number of nitrogens with zero attached hydrogens (tertiary/aromatic N) is 4. The molecule has 3 heterocycles. The van der Waals surface area contributed by atoms with Crippen molar-refractivity contribution in [3.63, 3.8) is 0 Å². The molecule has 6 rings (SSSR count). The Balaban J connectivity index is 1.64. The summed E-state index contributed by atoms with van der Waals surface area (Å²) >= 11 is 12.7. The Labute approximate surface area is 224 Å². The molecule has 2 aliphatic heterocycles. The molecule has 1 aromatic heterocycles. The molecule has 0 bridgehead atoms. The first-order valence-electron chi connectivity index (χ1n) is 12.3. The number of rotatable bonds is 4. The van der Waals surface area contributed by atoms with Crippen molar-refractivity contribution in [2.45, 2.75) is 25.8 Å². The smallest absolute Gasteiger partial charge is 0.0900 e. The van der Waals surface area contributed by atoms with Gasteiger partial charge in [-0.05, 0) is 74.4 Å². The number of nitrogens with one attached hydrogen (secondary N) is 1. The highest BCUT2D eigenvalue weighted by atomic mass is 35.5. The number of hydrogen-bond donors (Lipinski definition) is 1. The molecule has 3 aromatic rings. The van der Waals surface area contributed by atoms with E-state index in [0.717, 1.165) is 76.6 Å². The summed E-state index contributed by atoms with van der Waals surface area (Å²) in [5.74, 6) is 0. The van der Waals surface area contributed by atoms with E-state index >= 15 is 0 Å². The van der Waals surface area contributed by atoms with Gasteiger partial charge in [0.05, 0.1) is 60.9 Å². The molecule has 1 fully saturated rings. The maximum Gasteiger partial charge on any atom is 0.0900 e. The normalized spacial score (nSPS) is 14.9. The van der Waals surface area contributed by atoms with E-state index < -0.39 is 0 Å². The molecular formula is C29H25Cl2N5O. The number of aryl methyl sites for hydroxylation is 1. The van der Waals surface area contributed by atoms with Gasteiger partial charge in [0.15, 0.2) is 0 Å². The fourth-order valence-corrected chi connectivity index (χ4v) is 5.02. The summed E-state index contributed by atoms with van der Waals surface area (Å²) < 4.78 is 7.74. The molecule has 8 heteroatoms. The Morgan fingerprint density at radius 3 is 2.59 bits per heavy atom. The third-order valence-corrected chi connectivity index (χ3v) is 7.39. The molecule has 2 aromatic carbocycles. The number of fused-ring (bicyclic) bond motifs is 2. The average molecular weight is 530 g/mol. The first kappa shape index (κ1) is 23.9. The van der Waals surface area contributed by atoms with E-state index in [9.17, 15) is 0 Å². The van der Waals surface area contributed by atoms with Crippen LogP contribution < -0.4 is 10.7 Å². The SMILES string of the molecule is Cc1ncccc1Nc1cc2nc3ccccc3n(-c3ccc(Cl)c(Cl)c3)c-2c/c1=N\C1CCOCC1. The van der Waals surface area contributed by atoms with Crippen LogP contribution in [0.15, 0.2) is 77.9 Å². The second kappa shape index (κ2) is 10.1. The van der Waals surface area contributed by atoms with Crippen molar-refractivity contribution in [2.75, 3.05) is 18.5 Å². The van der Waals surface area contributed by atoms with Crippen molar-refractivity contribution in [3.8, 4) is 17.1 Å². The fraction of sp³-hybridized carbons (Fsp3) is 0.207. The van der Waals surface area contributed by atoms with Crippen LogP contribution in [0.4, 0.5) is 11.4 Å². The van der Waals surface area contributed by atoms with Gasteiger partial charge < -0.3 is 14.6 Å². The third-order valence-electron chi connectivity index (χ3n) is 6.65. The van der Waals surface area contributed by atoms with Crippen LogP contribution in [0, 0.1) is 6.92 Å². The summed E-state index contributed by atoms with van der Waals surface area (Å²) in [6, 6.07) is 22.1. The molecule has 37 heavy (non-hydrogen) atoms. The van der Waals surface area contributed by atoms with Crippen molar-refractivity contribution in [3.05, 3.63) is 94.0 Å². The summed E-state index contributed by atoms with van der Waals surface area (Å²) in [7, 11) is 0. The minimum atomic E-state index is 0.189. The number of aromatic nitrogens is 3. The van der Waals surface area contributed by atoms with Crippen LogP contribution in [0.25, 0.3) is 28.1 Å². The lowest BCUT2D eigenvalue weighted by molar-refractivity contribution is 0.0864. The lowest BCUT2D eigenvalue weighted by Crippen LogP contribution is -2.23. The van der Waals surface area contributed by atoms with E-state index in [-0.39, 0.29) is 6.04 Å². The van der Waals surface area contributed by atoms with Gasteiger partial charge in [-0.2, -0.15) is 0 Å². The molecule has 0 radical (unpaired) electrons. The average Bonchev–Trinajstić information content (AvgIpc) is 2.91. The number of pyridine rings is 1. The molecule has 0 spiro atoms. The highest BCUT2D eigenvalue weighted by molar-refractivity contribution is 6.42. The number of para-hydroxylation sites is 2. The Morgan fingerprint density at radius 1 is 0.946 bits per heavy atom. The topological polar surface area (TPSA) is 64.3 Å². The number of ether oxygens (including phenoxy) is 1. The Hall–Kier alpha value is -3.45. The molecule has 1 N–H and O–H groups in total. The first-order valence-corrected chi connectivity index (χ1v) is 13.0. The van der Waals surface area contributed by atoms with E-state index in [1.54, 1.807) is 6.20 Å². The van der Waals surface area contributed by atoms with Crippen LogP contribution in [0.1, 0.15) is 18.5 Å². The van der Waals surface area contributed by atoms with Crippen LogP contribution in [-0.4, -0.2) is 33.8 Å². The van der Waals surface area contributed by atoms with E-state index in [2.05, 4.69) is 33.1 Å². The molecule has 0 unspecified atom stereocenters. The lowest BCUT2D eigenvalue weighted by atomic mass is 10.1. The Bertz CT molecular complexity index is 1640. The fourth-order valence-electron chi connectivity index (χ4n) is 4.72. The van der Waals surface area contributed by atoms with Crippen LogP contribution >= 0.6 is 23.2 Å². The largest absolute Gasteiger partial charge is 0.381 e. The Morgan fingerprint density at radius 2 is 1.78 bits per heavy atom. The number of benzene rings is 3. The van der Waals surface area contributed by atoms with Gasteiger partial charge in [0.25, 0.3) is 0 Å². The van der Waals surface area contributed by atoms with Crippen molar-refractivity contribution in [1.29, 1.82) is 0 Å². The molecule has 6 nitrogen and oxygen atoms in total. The maximum absolute atomic E-state index is 6.45. The molecule has 1 aliphatic carbocycles. The second-order valence-electron chi connectivity index (χ2n) is 9.13. The van der Waals surface area contributed by atoms with E-state index in [1.807, 2.05) is 55.5 Å². The van der Waals surface area contributed by atoms with Gasteiger partial charge in [-0.25, -0.2) is 4.98 Å². The van der Waals surface area contributed by atoms with Crippen LogP contribution in [0.2, 0.25) is 10.0 Å². The molecule has 186 valence electrons. The highest BCUT2D eigenvalue weighted by Gasteiger charge is 2.19. The number of anilines is 2. The summed E-state index contributed by atoms with van der Waals surface area (Å²) in [4.78, 5) is 14.6. The first-order chi connectivity index (χ1) is 18.1. The predicted molar refractivity (Wildman–Crippen MR) is 149 cm³/mol. The molecule has 0 saturated carbocycles. The summed E-state index contributed by atoms with van der Waals surface area (Å²) in [6.45, 7) is 3.44. The zero-order valence-electron chi connectivity index (χ0n) is 20.3. The maximum atomic E-state index is 6.45. The minimum absolute atomic E-state index is 0.189. The number of hydrogen-bond acceptors (Lipinski definition) is 5. The lowest BCUT2D eigenvalue weighted by Gasteiger charge is -2.22. The molecule has 0 atom stereocenters. The van der Waals surface area contributed by atoms with Crippen LogP contribution in [0.3, 0.4) is 0 Å². The second-order valence-corrected chi connectivity index (χ2v) is 9.94. The molecule has 0 amide bonds. The highest BCUT2D eigenvalue weighted by Crippen LogP contribution is 2.33. The van der Waals surface area contributed by atoms with Gasteiger partial charge in [-0.3, -0.25) is 9.98 Å². The van der Waals surface area contributed by atoms with Gasteiger partial charge in [-0.1, -0.05) is 35.3 Å². The predicted octanol–water partition coefficient (Wildman–Crippen LogP) is 6.96. The van der Waals surface area contributed by atoms with Crippen molar-refractivity contribution in [1.82, 2.24) is 14.5 Å². The summed E-state index contributed by atoms with van der Waals surface area (Å²) in [6.07, 6.45) is 3.58. The van der Waals surface area contributed by atoms with Crippen LogP contribution in [0.5, 0.6) is 0 Å². The molecule has 1 saturated heterocycles. The Kier molecular flexibility index (Phi) is 6.55. The molecule has 3 aliphatic rings. The van der Waals surface area contributed by atoms with Crippen LogP contribution in [-0.2, 0) is 4.74 Å². The third kappa shape index (κ3) is 4.80. The summed E-state index contributed by atoms with van der Waals surface area (Å²) in [5, 5.41) is 5.45. The van der Waals surface area contributed by atoms with Gasteiger partial charge in [0.2, 0.25) is 0 Å². The standard InChI is InChI=1S/C29H25Cl2N5O/c1-18-23(6-4-12-32-18)34-25-16-27-29(17-26(25)33-19-10-13-37-14-11-19)36(20-8-9-21(30)22(31)15-20)28-7-3-2-5-24(28)35-27/h2-9,12,15-17,19,34H,10-11,13-14H2,1H3/b33-26+. The van der Waals surface area contributed by atoms with Gasteiger partial charge >= 0.3 is 0 Å².